The van der Waals surface area contributed by atoms with Crippen molar-refractivity contribution in [1.82, 2.24) is 15.1 Å². The summed E-state index contributed by atoms with van der Waals surface area (Å²) < 4.78 is 5.11. The molecule has 1 rings (SSSR count). The van der Waals surface area contributed by atoms with Gasteiger partial charge in [-0.15, -0.1) is 0 Å². The van der Waals surface area contributed by atoms with Crippen LogP contribution in [0.25, 0.3) is 0 Å². The van der Waals surface area contributed by atoms with Gasteiger partial charge in [-0.25, -0.2) is 4.79 Å². The van der Waals surface area contributed by atoms with E-state index in [1.54, 1.807) is 31.9 Å². The van der Waals surface area contributed by atoms with E-state index in [0.29, 0.717) is 12.2 Å². The normalized spacial score (nSPS) is 20.0. The molecule has 2 amide bonds. The summed E-state index contributed by atoms with van der Waals surface area (Å²) in [7, 11) is 1.74. The number of ether oxygens (including phenoxy) is 1. The third-order valence-electron chi connectivity index (χ3n) is 6.56. The average molecular weight is 480 g/mol. The van der Waals surface area contributed by atoms with E-state index < -0.39 is 11.5 Å². The van der Waals surface area contributed by atoms with Gasteiger partial charge in [-0.05, 0) is 65.3 Å². The molecule has 0 radical (unpaired) electrons. The fraction of sp³-hybridized carbons (Fsp3) is 0.815. The maximum absolute atomic E-state index is 13.8. The van der Waals surface area contributed by atoms with E-state index in [1.165, 1.54) is 0 Å². The molecule has 1 aliphatic heterocycles. The molecule has 196 valence electrons. The zero-order chi connectivity index (χ0) is 26.4. The number of carbonyl (C=O) groups is 3. The van der Waals surface area contributed by atoms with Gasteiger partial charge >= 0.3 is 5.97 Å². The Bertz CT molecular complexity index is 746. The second-order valence-electron chi connectivity index (χ2n) is 11.9. The first-order valence-corrected chi connectivity index (χ1v) is 12.7. The minimum Gasteiger partial charge on any atom is -0.463 e. The van der Waals surface area contributed by atoms with Crippen molar-refractivity contribution in [3.8, 4) is 0 Å². The third-order valence-corrected chi connectivity index (χ3v) is 6.56. The smallest absolute Gasteiger partial charge is 0.333 e. The van der Waals surface area contributed by atoms with Crippen LogP contribution in [0.2, 0.25) is 0 Å². The molecule has 7 heteroatoms. The van der Waals surface area contributed by atoms with Crippen LogP contribution in [-0.4, -0.2) is 71.4 Å². The Morgan fingerprint density at radius 3 is 2.18 bits per heavy atom. The number of carbonyl (C=O) groups excluding carboxylic acids is 3. The number of hydrogen-bond donors (Lipinski definition) is 1. The van der Waals surface area contributed by atoms with E-state index in [2.05, 4.69) is 31.0 Å². The molecule has 0 saturated carbocycles. The van der Waals surface area contributed by atoms with Gasteiger partial charge in [0.15, 0.2) is 0 Å². The Kier molecular flexibility index (Phi) is 10.8. The number of piperidine rings is 1. The Hall–Kier alpha value is -1.89. The molecule has 0 bridgehead atoms. The van der Waals surface area contributed by atoms with Crippen LogP contribution < -0.4 is 5.32 Å². The van der Waals surface area contributed by atoms with E-state index in [1.807, 2.05) is 34.6 Å². The molecule has 0 aromatic heterocycles. The van der Waals surface area contributed by atoms with Crippen molar-refractivity contribution in [3.63, 3.8) is 0 Å². The van der Waals surface area contributed by atoms with Crippen LogP contribution in [0.4, 0.5) is 0 Å². The molecule has 1 saturated heterocycles. The summed E-state index contributed by atoms with van der Waals surface area (Å²) in [5, 5.41) is 3.12. The van der Waals surface area contributed by atoms with Gasteiger partial charge in [0.1, 0.15) is 6.04 Å². The van der Waals surface area contributed by atoms with Crippen molar-refractivity contribution in [2.75, 3.05) is 20.2 Å². The van der Waals surface area contributed by atoms with E-state index in [4.69, 9.17) is 4.74 Å². The lowest BCUT2D eigenvalue weighted by atomic mass is 9.84. The minimum atomic E-state index is -0.689. The fourth-order valence-electron chi connectivity index (χ4n) is 4.57. The first-order valence-electron chi connectivity index (χ1n) is 12.7. The lowest BCUT2D eigenvalue weighted by molar-refractivity contribution is -0.142. The van der Waals surface area contributed by atoms with Crippen LogP contribution in [0.5, 0.6) is 0 Å². The van der Waals surface area contributed by atoms with E-state index in [-0.39, 0.29) is 41.3 Å². The number of rotatable bonds is 8. The topological polar surface area (TPSA) is 79.0 Å². The predicted octanol–water partition coefficient (Wildman–Crippen LogP) is 4.16. The summed E-state index contributed by atoms with van der Waals surface area (Å²) in [5.74, 6) is -0.556. The van der Waals surface area contributed by atoms with Crippen LogP contribution in [0.1, 0.15) is 88.5 Å². The second-order valence-corrected chi connectivity index (χ2v) is 11.9. The van der Waals surface area contributed by atoms with Gasteiger partial charge < -0.3 is 15.0 Å². The molecule has 3 atom stereocenters. The van der Waals surface area contributed by atoms with Gasteiger partial charge in [0.2, 0.25) is 11.8 Å². The van der Waals surface area contributed by atoms with Crippen molar-refractivity contribution in [1.29, 1.82) is 0 Å². The van der Waals surface area contributed by atoms with E-state index in [0.717, 1.165) is 25.8 Å². The quantitative estimate of drug-likeness (QED) is 0.418. The minimum absolute atomic E-state index is 0.0735. The second kappa shape index (κ2) is 12.2. The molecule has 1 heterocycles. The van der Waals surface area contributed by atoms with Crippen molar-refractivity contribution in [2.45, 2.75) is 112 Å². The van der Waals surface area contributed by atoms with Crippen LogP contribution in [0.3, 0.4) is 0 Å². The molecule has 1 fully saturated rings. The van der Waals surface area contributed by atoms with Gasteiger partial charge in [0.25, 0.3) is 0 Å². The first-order chi connectivity index (χ1) is 15.5. The number of nitrogens with one attached hydrogen (secondary N) is 1. The highest BCUT2D eigenvalue weighted by Crippen LogP contribution is 2.28. The zero-order valence-electron chi connectivity index (χ0n) is 23.4. The highest BCUT2D eigenvalue weighted by Gasteiger charge is 2.41. The zero-order valence-corrected chi connectivity index (χ0v) is 23.4. The highest BCUT2D eigenvalue weighted by molar-refractivity contribution is 5.91. The van der Waals surface area contributed by atoms with Crippen LogP contribution in [0.15, 0.2) is 11.6 Å². The predicted molar refractivity (Wildman–Crippen MR) is 137 cm³/mol. The fourth-order valence-corrected chi connectivity index (χ4v) is 4.57. The molecule has 0 aromatic carbocycles. The Morgan fingerprint density at radius 1 is 1.12 bits per heavy atom. The lowest BCUT2D eigenvalue weighted by Crippen LogP contribution is -2.62. The van der Waals surface area contributed by atoms with Gasteiger partial charge in [-0.1, -0.05) is 47.1 Å². The maximum Gasteiger partial charge on any atom is 0.333 e. The monoisotopic (exact) mass is 479 g/mol. The van der Waals surface area contributed by atoms with Gasteiger partial charge in [-0.2, -0.15) is 0 Å². The van der Waals surface area contributed by atoms with Crippen molar-refractivity contribution in [3.05, 3.63) is 11.6 Å². The summed E-state index contributed by atoms with van der Waals surface area (Å²) in [6.07, 6.45) is 4.67. The van der Waals surface area contributed by atoms with Crippen molar-refractivity contribution >= 4 is 17.8 Å². The molecule has 0 spiro atoms. The van der Waals surface area contributed by atoms with Crippen LogP contribution >= 0.6 is 0 Å². The first kappa shape index (κ1) is 30.1. The summed E-state index contributed by atoms with van der Waals surface area (Å²) in [6.45, 7) is 21.0. The van der Waals surface area contributed by atoms with E-state index in [9.17, 15) is 14.4 Å². The summed E-state index contributed by atoms with van der Waals surface area (Å²) in [4.78, 5) is 43.3. The van der Waals surface area contributed by atoms with Gasteiger partial charge in [0, 0.05) is 18.2 Å². The van der Waals surface area contributed by atoms with Gasteiger partial charge in [0.05, 0.1) is 18.7 Å². The number of nitrogens with zero attached hydrogens (tertiary/aromatic N) is 2. The van der Waals surface area contributed by atoms with Crippen LogP contribution in [-0.2, 0) is 19.1 Å². The maximum atomic E-state index is 13.8. The molecule has 0 aromatic rings. The molecular formula is C27H49N3O4. The number of esters is 1. The third kappa shape index (κ3) is 8.10. The molecule has 34 heavy (non-hydrogen) atoms. The summed E-state index contributed by atoms with van der Waals surface area (Å²) >= 11 is 0. The van der Waals surface area contributed by atoms with Crippen LogP contribution in [0, 0.1) is 11.3 Å². The SMILES string of the molecule is CCOC(=O)/C(C)=C/C(C(C)C)N(C)C(=O)C(NC(=O)[C@H]1CCCCN1C(C)(C)C)C(C)(C)C. The Labute approximate surface area is 207 Å². The molecule has 1 aliphatic rings. The van der Waals surface area contributed by atoms with Crippen molar-refractivity contribution < 1.29 is 19.1 Å². The van der Waals surface area contributed by atoms with Crippen molar-refractivity contribution in [2.24, 2.45) is 11.3 Å². The summed E-state index contributed by atoms with van der Waals surface area (Å²) in [5.41, 5.74) is -0.137. The average Bonchev–Trinajstić information content (AvgIpc) is 2.72. The molecule has 7 nitrogen and oxygen atoms in total. The Balaban J connectivity index is 3.19. The number of likely N-dealkylation sites (tertiary alicyclic amines) is 1. The number of amides is 2. The standard InChI is InChI=1S/C27H49N3O4/c1-12-34-25(33)19(4)17-21(18(2)3)29(11)24(32)22(26(5,6)7)28-23(31)20-15-13-14-16-30(20)27(8,9)10/h17-18,20-22H,12-16H2,1-11H3,(H,28,31)/b19-17+/t20-,21?,22?/m1/s1. The Morgan fingerprint density at radius 2 is 1.71 bits per heavy atom. The summed E-state index contributed by atoms with van der Waals surface area (Å²) in [6, 6.07) is -1.24. The highest BCUT2D eigenvalue weighted by atomic mass is 16.5. The molecule has 1 N–H and O–H groups in total. The van der Waals surface area contributed by atoms with Gasteiger partial charge in [-0.3, -0.25) is 14.5 Å². The lowest BCUT2D eigenvalue weighted by Gasteiger charge is -2.45. The molecule has 0 aliphatic carbocycles. The number of hydrogen-bond acceptors (Lipinski definition) is 5. The molecular weight excluding hydrogens is 430 g/mol. The number of likely N-dealkylation sites (N-methyl/N-ethyl adjacent to an activating group) is 1. The largest absolute Gasteiger partial charge is 0.463 e. The molecule has 2 unspecified atom stereocenters. The van der Waals surface area contributed by atoms with E-state index >= 15 is 0 Å².